The van der Waals surface area contributed by atoms with Crippen LogP contribution in [0.2, 0.25) is 0 Å². The van der Waals surface area contributed by atoms with E-state index in [0.29, 0.717) is 5.82 Å². The Balaban J connectivity index is 2.52. The molecule has 0 saturated carbocycles. The molecular formula is C9H10N4O. The second-order valence-electron chi connectivity index (χ2n) is 3.07. The van der Waals surface area contributed by atoms with Crippen molar-refractivity contribution < 1.29 is 0 Å². The van der Waals surface area contributed by atoms with Crippen LogP contribution in [0, 0.1) is 0 Å². The molecule has 2 rings (SSSR count). The molecule has 2 aromatic rings. The summed E-state index contributed by atoms with van der Waals surface area (Å²) in [5.41, 5.74) is 7.12. The first kappa shape index (κ1) is 8.55. The minimum absolute atomic E-state index is 0.0405. The normalized spacial score (nSPS) is 10.4. The third kappa shape index (κ3) is 1.39. The molecule has 0 aromatic carbocycles. The zero-order valence-corrected chi connectivity index (χ0v) is 7.69. The van der Waals surface area contributed by atoms with Gasteiger partial charge in [0.1, 0.15) is 5.82 Å². The summed E-state index contributed by atoms with van der Waals surface area (Å²) < 4.78 is 1.51. The summed E-state index contributed by atoms with van der Waals surface area (Å²) in [4.78, 5) is 11.1. The summed E-state index contributed by atoms with van der Waals surface area (Å²) in [6, 6.07) is 4.96. The van der Waals surface area contributed by atoms with Gasteiger partial charge in [-0.1, -0.05) is 0 Å². The van der Waals surface area contributed by atoms with Gasteiger partial charge in [0.2, 0.25) is 5.56 Å². The molecule has 3 N–H and O–H groups in total. The van der Waals surface area contributed by atoms with Crippen LogP contribution >= 0.6 is 0 Å². The molecule has 0 aliphatic heterocycles. The van der Waals surface area contributed by atoms with E-state index >= 15 is 0 Å². The van der Waals surface area contributed by atoms with E-state index in [1.54, 1.807) is 25.4 Å². The lowest BCUT2D eigenvalue weighted by Gasteiger charge is -1.99. The van der Waals surface area contributed by atoms with E-state index in [1.165, 1.54) is 10.6 Å². The van der Waals surface area contributed by atoms with Gasteiger partial charge in [-0.25, -0.2) is 0 Å². The van der Waals surface area contributed by atoms with Crippen molar-refractivity contribution in [1.82, 2.24) is 14.8 Å². The molecule has 14 heavy (non-hydrogen) atoms. The van der Waals surface area contributed by atoms with Crippen molar-refractivity contribution in [3.63, 3.8) is 0 Å². The monoisotopic (exact) mass is 190 g/mol. The number of rotatable bonds is 1. The smallest absolute Gasteiger partial charge is 0.250 e. The van der Waals surface area contributed by atoms with Gasteiger partial charge in [0.15, 0.2) is 0 Å². The topological polar surface area (TPSA) is 76.7 Å². The average Bonchev–Trinajstić information content (AvgIpc) is 2.57. The van der Waals surface area contributed by atoms with Crippen LogP contribution in [0.3, 0.4) is 0 Å². The highest BCUT2D eigenvalue weighted by Gasteiger charge is 2.01. The first-order chi connectivity index (χ1) is 6.66. The fourth-order valence-corrected chi connectivity index (χ4v) is 1.24. The lowest BCUT2D eigenvalue weighted by molar-refractivity contribution is 0.861. The van der Waals surface area contributed by atoms with Crippen LogP contribution in [-0.2, 0) is 7.05 Å². The van der Waals surface area contributed by atoms with Crippen LogP contribution in [0.5, 0.6) is 0 Å². The lowest BCUT2D eigenvalue weighted by Crippen LogP contribution is -2.13. The number of aryl methyl sites for hydroxylation is 1. The quantitative estimate of drug-likeness (QED) is 0.681. The van der Waals surface area contributed by atoms with Crippen LogP contribution in [0.25, 0.3) is 11.3 Å². The minimum atomic E-state index is -0.0405. The van der Waals surface area contributed by atoms with Crippen LogP contribution in [0.4, 0.5) is 5.82 Å². The summed E-state index contributed by atoms with van der Waals surface area (Å²) in [6.07, 6.45) is 1.73. The predicted octanol–water partition coefficient (Wildman–Crippen LogP) is 0.358. The van der Waals surface area contributed by atoms with E-state index in [2.05, 4.69) is 10.2 Å². The van der Waals surface area contributed by atoms with Crippen LogP contribution < -0.4 is 11.3 Å². The van der Waals surface area contributed by atoms with Gasteiger partial charge >= 0.3 is 0 Å². The number of aromatic amines is 1. The van der Waals surface area contributed by atoms with Gasteiger partial charge < -0.3 is 10.3 Å². The van der Waals surface area contributed by atoms with Crippen molar-refractivity contribution in [1.29, 1.82) is 0 Å². The molecular weight excluding hydrogens is 180 g/mol. The van der Waals surface area contributed by atoms with Crippen molar-refractivity contribution in [2.75, 3.05) is 5.73 Å². The number of aromatic nitrogens is 3. The molecule has 0 fully saturated rings. The maximum Gasteiger partial charge on any atom is 0.250 e. The highest BCUT2D eigenvalue weighted by Crippen LogP contribution is 2.16. The lowest BCUT2D eigenvalue weighted by atomic mass is 10.2. The zero-order chi connectivity index (χ0) is 10.1. The fourth-order valence-electron chi connectivity index (χ4n) is 1.24. The summed E-state index contributed by atoms with van der Waals surface area (Å²) in [5, 5.41) is 6.59. The first-order valence-corrected chi connectivity index (χ1v) is 4.15. The molecule has 0 spiro atoms. The number of nitrogens with one attached hydrogen (secondary N) is 1. The van der Waals surface area contributed by atoms with E-state index in [1.807, 2.05) is 0 Å². The van der Waals surface area contributed by atoms with Crippen molar-refractivity contribution in [2.24, 2.45) is 7.05 Å². The SMILES string of the molecule is Cn1cc(-c2cc(N)n[nH]2)ccc1=O. The van der Waals surface area contributed by atoms with Crippen LogP contribution in [-0.4, -0.2) is 14.8 Å². The Kier molecular flexibility index (Phi) is 1.85. The molecule has 0 saturated heterocycles. The van der Waals surface area contributed by atoms with E-state index in [-0.39, 0.29) is 5.56 Å². The first-order valence-electron chi connectivity index (χ1n) is 4.15. The van der Waals surface area contributed by atoms with E-state index in [0.717, 1.165) is 11.3 Å². The van der Waals surface area contributed by atoms with Crippen molar-refractivity contribution in [3.05, 3.63) is 34.7 Å². The predicted molar refractivity (Wildman–Crippen MR) is 53.7 cm³/mol. The molecule has 0 aliphatic rings. The standard InChI is InChI=1S/C9H10N4O/c1-13-5-6(2-3-9(13)14)7-4-8(10)12-11-7/h2-5H,1H3,(H3,10,11,12). The van der Waals surface area contributed by atoms with Crippen molar-refractivity contribution >= 4 is 5.82 Å². The molecule has 0 atom stereocenters. The molecule has 5 nitrogen and oxygen atoms in total. The van der Waals surface area contributed by atoms with E-state index in [9.17, 15) is 4.79 Å². The maximum absolute atomic E-state index is 11.1. The Morgan fingerprint density at radius 3 is 2.86 bits per heavy atom. The number of nitrogens with two attached hydrogens (primary N) is 1. The summed E-state index contributed by atoms with van der Waals surface area (Å²) >= 11 is 0. The van der Waals surface area contributed by atoms with Gasteiger partial charge in [-0.05, 0) is 6.07 Å². The van der Waals surface area contributed by atoms with E-state index < -0.39 is 0 Å². The third-order valence-corrected chi connectivity index (χ3v) is 1.99. The molecule has 0 amide bonds. The highest BCUT2D eigenvalue weighted by molar-refractivity contribution is 5.60. The van der Waals surface area contributed by atoms with Gasteiger partial charge in [-0.2, -0.15) is 5.10 Å². The number of nitrogens with zero attached hydrogens (tertiary/aromatic N) is 2. The number of nitrogen functional groups attached to an aromatic ring is 1. The molecule has 5 heteroatoms. The van der Waals surface area contributed by atoms with Gasteiger partial charge in [-0.15, -0.1) is 0 Å². The molecule has 2 aromatic heterocycles. The molecule has 0 unspecified atom stereocenters. The summed E-state index contributed by atoms with van der Waals surface area (Å²) in [6.45, 7) is 0. The maximum atomic E-state index is 11.1. The molecule has 0 aliphatic carbocycles. The largest absolute Gasteiger partial charge is 0.382 e. The summed E-state index contributed by atoms with van der Waals surface area (Å²) in [7, 11) is 1.70. The highest BCUT2D eigenvalue weighted by atomic mass is 16.1. The number of pyridine rings is 1. The number of anilines is 1. The second-order valence-corrected chi connectivity index (χ2v) is 3.07. The minimum Gasteiger partial charge on any atom is -0.382 e. The third-order valence-electron chi connectivity index (χ3n) is 1.99. The van der Waals surface area contributed by atoms with Gasteiger partial charge in [-0.3, -0.25) is 9.89 Å². The van der Waals surface area contributed by atoms with Gasteiger partial charge in [0.05, 0.1) is 5.69 Å². The van der Waals surface area contributed by atoms with Crippen molar-refractivity contribution in [2.45, 2.75) is 0 Å². The Hall–Kier alpha value is -2.04. The van der Waals surface area contributed by atoms with E-state index in [4.69, 9.17) is 5.73 Å². The molecule has 0 bridgehead atoms. The van der Waals surface area contributed by atoms with Gasteiger partial charge in [0.25, 0.3) is 0 Å². The Labute approximate surface area is 80.2 Å². The summed E-state index contributed by atoms with van der Waals surface area (Å²) in [5.74, 6) is 0.439. The fraction of sp³-hybridized carbons (Fsp3) is 0.111. The molecule has 72 valence electrons. The van der Waals surface area contributed by atoms with Crippen LogP contribution in [0.1, 0.15) is 0 Å². The number of hydrogen-bond donors (Lipinski definition) is 2. The zero-order valence-electron chi connectivity index (χ0n) is 7.69. The molecule has 2 heterocycles. The Morgan fingerprint density at radius 1 is 1.50 bits per heavy atom. The van der Waals surface area contributed by atoms with Gasteiger partial charge in [0, 0.05) is 30.9 Å². The Morgan fingerprint density at radius 2 is 2.29 bits per heavy atom. The molecule has 0 radical (unpaired) electrons. The Bertz CT molecular complexity index is 512. The number of H-pyrrole nitrogens is 1. The number of hydrogen-bond acceptors (Lipinski definition) is 3. The van der Waals surface area contributed by atoms with Crippen molar-refractivity contribution in [3.8, 4) is 11.3 Å². The average molecular weight is 190 g/mol. The van der Waals surface area contributed by atoms with Crippen LogP contribution in [0.15, 0.2) is 29.2 Å². The second kappa shape index (κ2) is 3.02.